The van der Waals surface area contributed by atoms with E-state index in [0.717, 1.165) is 33.7 Å². The zero-order valence-corrected chi connectivity index (χ0v) is 13.9. The summed E-state index contributed by atoms with van der Waals surface area (Å²) in [5, 5.41) is 7.60. The van der Waals surface area contributed by atoms with Gasteiger partial charge in [0.25, 0.3) is 0 Å². The van der Waals surface area contributed by atoms with Crippen molar-refractivity contribution < 1.29 is 0 Å². The maximum Gasteiger partial charge on any atom is 0.173 e. The molecular weight excluding hydrogens is 325 g/mol. The van der Waals surface area contributed by atoms with Crippen LogP contribution in [-0.2, 0) is 0 Å². The van der Waals surface area contributed by atoms with Crippen molar-refractivity contribution in [1.82, 2.24) is 9.97 Å². The van der Waals surface area contributed by atoms with Gasteiger partial charge in [0.05, 0.1) is 15.4 Å². The van der Waals surface area contributed by atoms with Gasteiger partial charge in [0.2, 0.25) is 0 Å². The van der Waals surface area contributed by atoms with Gasteiger partial charge in [0.15, 0.2) is 5.82 Å². The molecule has 0 aliphatic rings. The lowest BCUT2D eigenvalue weighted by atomic mass is 10.2. The molecular formula is C15H13Cl2N3S. The molecule has 2 heterocycles. The van der Waals surface area contributed by atoms with Crippen LogP contribution in [0.4, 0.5) is 5.82 Å². The van der Waals surface area contributed by atoms with Crippen LogP contribution >= 0.6 is 34.5 Å². The van der Waals surface area contributed by atoms with Crippen LogP contribution in [0, 0.1) is 6.92 Å². The minimum absolute atomic E-state index is 0.629. The number of nitrogens with one attached hydrogen (secondary N) is 1. The molecule has 0 spiro atoms. The van der Waals surface area contributed by atoms with Gasteiger partial charge in [-0.3, -0.25) is 0 Å². The van der Waals surface area contributed by atoms with Crippen molar-refractivity contribution in [1.29, 1.82) is 0 Å². The summed E-state index contributed by atoms with van der Waals surface area (Å²) < 4.78 is 0. The van der Waals surface area contributed by atoms with Gasteiger partial charge in [-0.1, -0.05) is 23.2 Å². The van der Waals surface area contributed by atoms with E-state index in [4.69, 9.17) is 23.2 Å². The molecule has 0 saturated heterocycles. The van der Waals surface area contributed by atoms with Crippen LogP contribution in [0.1, 0.15) is 12.5 Å². The van der Waals surface area contributed by atoms with E-state index in [1.165, 1.54) is 0 Å². The lowest BCUT2D eigenvalue weighted by Crippen LogP contribution is -2.02. The van der Waals surface area contributed by atoms with E-state index in [9.17, 15) is 0 Å². The summed E-state index contributed by atoms with van der Waals surface area (Å²) in [5.41, 5.74) is 1.85. The third kappa shape index (κ3) is 2.71. The van der Waals surface area contributed by atoms with Gasteiger partial charge in [0, 0.05) is 17.0 Å². The third-order valence-electron chi connectivity index (χ3n) is 3.11. The lowest BCUT2D eigenvalue weighted by molar-refractivity contribution is 1.15. The Morgan fingerprint density at radius 2 is 2.05 bits per heavy atom. The number of fused-ring (bicyclic) bond motifs is 1. The predicted octanol–water partition coefficient (Wildman–Crippen LogP) is 5.41. The number of hydrogen-bond acceptors (Lipinski definition) is 4. The van der Waals surface area contributed by atoms with Crippen molar-refractivity contribution in [3.63, 3.8) is 0 Å². The lowest BCUT2D eigenvalue weighted by Gasteiger charge is -2.09. The van der Waals surface area contributed by atoms with E-state index in [0.29, 0.717) is 15.9 Å². The van der Waals surface area contributed by atoms with Crippen molar-refractivity contribution >= 4 is 51.3 Å². The normalized spacial score (nSPS) is 11.0. The number of benzene rings is 1. The van der Waals surface area contributed by atoms with Gasteiger partial charge in [-0.25, -0.2) is 9.97 Å². The maximum atomic E-state index is 6.34. The number of nitrogens with zero attached hydrogens (tertiary/aromatic N) is 2. The molecule has 2 aromatic heterocycles. The standard InChI is InChI=1S/C15H13Cl2N3S/c1-3-18-14-10-5-4-9(16)6-11(10)19-15(20-14)13-12(17)8(2)7-21-13/h4-7H,3H2,1-2H3,(H,18,19,20). The van der Waals surface area contributed by atoms with Crippen molar-refractivity contribution in [3.8, 4) is 10.7 Å². The predicted molar refractivity (Wildman–Crippen MR) is 91.8 cm³/mol. The first-order chi connectivity index (χ1) is 10.1. The average molecular weight is 338 g/mol. The fraction of sp³-hybridized carbons (Fsp3) is 0.200. The molecule has 6 heteroatoms. The molecule has 108 valence electrons. The second-order valence-electron chi connectivity index (χ2n) is 4.65. The van der Waals surface area contributed by atoms with Crippen molar-refractivity contribution in [2.75, 3.05) is 11.9 Å². The van der Waals surface area contributed by atoms with Crippen molar-refractivity contribution in [2.45, 2.75) is 13.8 Å². The summed E-state index contributed by atoms with van der Waals surface area (Å²) in [6, 6.07) is 5.62. The van der Waals surface area contributed by atoms with Crippen molar-refractivity contribution in [2.24, 2.45) is 0 Å². The van der Waals surface area contributed by atoms with E-state index in [1.807, 2.05) is 37.4 Å². The largest absolute Gasteiger partial charge is 0.370 e. The van der Waals surface area contributed by atoms with E-state index in [1.54, 1.807) is 11.3 Å². The van der Waals surface area contributed by atoms with Crippen LogP contribution in [-0.4, -0.2) is 16.5 Å². The highest BCUT2D eigenvalue weighted by Gasteiger charge is 2.15. The number of aryl methyl sites for hydroxylation is 1. The zero-order valence-electron chi connectivity index (χ0n) is 11.6. The molecule has 0 unspecified atom stereocenters. The quantitative estimate of drug-likeness (QED) is 0.694. The molecule has 3 nitrogen and oxygen atoms in total. The number of hydrogen-bond donors (Lipinski definition) is 1. The van der Waals surface area contributed by atoms with Crippen LogP contribution in [0.5, 0.6) is 0 Å². The summed E-state index contributed by atoms with van der Waals surface area (Å²) in [7, 11) is 0. The van der Waals surface area contributed by atoms with Crippen LogP contribution in [0.3, 0.4) is 0 Å². The van der Waals surface area contributed by atoms with Gasteiger partial charge < -0.3 is 5.32 Å². The molecule has 21 heavy (non-hydrogen) atoms. The second kappa shape index (κ2) is 5.79. The SMILES string of the molecule is CCNc1nc(-c2scc(C)c2Cl)nc2cc(Cl)ccc12. The Morgan fingerprint density at radius 1 is 1.24 bits per heavy atom. The number of rotatable bonds is 3. The molecule has 1 aromatic carbocycles. The summed E-state index contributed by atoms with van der Waals surface area (Å²) in [4.78, 5) is 10.1. The number of thiophene rings is 1. The second-order valence-corrected chi connectivity index (χ2v) is 6.34. The van der Waals surface area contributed by atoms with Crippen LogP contribution < -0.4 is 5.32 Å². The maximum absolute atomic E-state index is 6.34. The Bertz CT molecular complexity index is 814. The summed E-state index contributed by atoms with van der Waals surface area (Å²) in [6.45, 7) is 4.79. The molecule has 0 aliphatic heterocycles. The smallest absolute Gasteiger partial charge is 0.173 e. The van der Waals surface area contributed by atoms with Gasteiger partial charge in [-0.05, 0) is 43.0 Å². The Hall–Kier alpha value is -1.36. The molecule has 0 atom stereocenters. The molecule has 1 N–H and O–H groups in total. The Kier molecular flexibility index (Phi) is 4.02. The van der Waals surface area contributed by atoms with Gasteiger partial charge in [-0.2, -0.15) is 0 Å². The Labute approximate surface area is 137 Å². The minimum atomic E-state index is 0.629. The molecule has 0 radical (unpaired) electrons. The van der Waals surface area contributed by atoms with Crippen LogP contribution in [0.15, 0.2) is 23.6 Å². The average Bonchev–Trinajstić information content (AvgIpc) is 2.78. The molecule has 0 amide bonds. The first kappa shape index (κ1) is 14.6. The fourth-order valence-electron chi connectivity index (χ4n) is 2.09. The molecule has 3 rings (SSSR count). The molecule has 3 aromatic rings. The monoisotopic (exact) mass is 337 g/mol. The minimum Gasteiger partial charge on any atom is -0.370 e. The highest BCUT2D eigenvalue weighted by molar-refractivity contribution is 7.14. The molecule has 0 saturated carbocycles. The van der Waals surface area contributed by atoms with Crippen LogP contribution in [0.2, 0.25) is 10.0 Å². The van der Waals surface area contributed by atoms with Gasteiger partial charge in [-0.15, -0.1) is 11.3 Å². The molecule has 0 bridgehead atoms. The summed E-state index contributed by atoms with van der Waals surface area (Å²) >= 11 is 14.0. The van der Waals surface area contributed by atoms with Gasteiger partial charge in [0.1, 0.15) is 5.82 Å². The zero-order chi connectivity index (χ0) is 15.0. The van der Waals surface area contributed by atoms with E-state index >= 15 is 0 Å². The van der Waals surface area contributed by atoms with E-state index < -0.39 is 0 Å². The Morgan fingerprint density at radius 3 is 2.71 bits per heavy atom. The third-order valence-corrected chi connectivity index (χ3v) is 5.03. The summed E-state index contributed by atoms with van der Waals surface area (Å²) in [5.74, 6) is 1.43. The number of anilines is 1. The topological polar surface area (TPSA) is 37.8 Å². The number of halogens is 2. The van der Waals surface area contributed by atoms with E-state index in [2.05, 4.69) is 15.3 Å². The summed E-state index contributed by atoms with van der Waals surface area (Å²) in [6.07, 6.45) is 0. The highest BCUT2D eigenvalue weighted by atomic mass is 35.5. The van der Waals surface area contributed by atoms with E-state index in [-0.39, 0.29) is 0 Å². The molecule has 0 aliphatic carbocycles. The highest BCUT2D eigenvalue weighted by Crippen LogP contribution is 2.36. The number of aromatic nitrogens is 2. The van der Waals surface area contributed by atoms with Gasteiger partial charge >= 0.3 is 0 Å². The van der Waals surface area contributed by atoms with Crippen LogP contribution in [0.25, 0.3) is 21.6 Å². The fourth-order valence-corrected chi connectivity index (χ4v) is 3.46. The molecule has 0 fully saturated rings. The first-order valence-corrected chi connectivity index (χ1v) is 8.19. The Balaban J connectivity index is 2.26. The van der Waals surface area contributed by atoms with Crippen molar-refractivity contribution in [3.05, 3.63) is 39.2 Å². The first-order valence-electron chi connectivity index (χ1n) is 6.55.